The van der Waals surface area contributed by atoms with E-state index in [0.717, 1.165) is 6.61 Å². The van der Waals surface area contributed by atoms with Gasteiger partial charge in [0.15, 0.2) is 0 Å². The molecule has 0 N–H and O–H groups in total. The van der Waals surface area contributed by atoms with E-state index in [1.165, 1.54) is 32.1 Å². The third kappa shape index (κ3) is 4.65. The van der Waals surface area contributed by atoms with Crippen LogP contribution < -0.4 is 0 Å². The van der Waals surface area contributed by atoms with Gasteiger partial charge >= 0.3 is 0 Å². The van der Waals surface area contributed by atoms with Crippen LogP contribution in [0.2, 0.25) is 0 Å². The van der Waals surface area contributed by atoms with E-state index in [4.69, 9.17) is 4.74 Å². The Balaban J connectivity index is 0.000000112. The summed E-state index contributed by atoms with van der Waals surface area (Å²) < 4.78 is 4.80. The molecule has 0 unspecified atom stereocenters. The highest BCUT2D eigenvalue weighted by Gasteiger charge is 1.95. The number of rotatable bonds is 0. The molecule has 1 heterocycles. The maximum Gasteiger partial charge on any atom is 0.106 e. The number of hydrogen-bond donors (Lipinski definition) is 0. The molecular weight excluding hydrogens is 136 g/mol. The van der Waals surface area contributed by atoms with Gasteiger partial charge in [0.2, 0.25) is 0 Å². The lowest BCUT2D eigenvalue weighted by Crippen LogP contribution is -1.82. The van der Waals surface area contributed by atoms with E-state index < -0.39 is 0 Å². The topological polar surface area (TPSA) is 9.23 Å². The molecule has 2 rings (SSSR count). The Kier molecular flexibility index (Phi) is 4.58. The lowest BCUT2D eigenvalue weighted by Gasteiger charge is -1.94. The first-order valence-corrected chi connectivity index (χ1v) is 4.43. The van der Waals surface area contributed by atoms with Crippen LogP contribution in [0, 0.1) is 0 Å². The molecule has 62 valence electrons. The van der Waals surface area contributed by atoms with E-state index in [-0.39, 0.29) is 0 Å². The molecule has 1 fully saturated rings. The van der Waals surface area contributed by atoms with Crippen LogP contribution in [0.3, 0.4) is 0 Å². The number of allylic oxidation sites excluding steroid dienone is 2. The van der Waals surface area contributed by atoms with Crippen LogP contribution >= 0.6 is 0 Å². The first kappa shape index (κ1) is 8.38. The Morgan fingerprint density at radius 3 is 1.64 bits per heavy atom. The molecule has 1 aliphatic carbocycles. The summed E-state index contributed by atoms with van der Waals surface area (Å²) in [5.41, 5.74) is 0. The number of ether oxygens (including phenoxy) is 1. The second-order valence-electron chi connectivity index (χ2n) is 2.86. The van der Waals surface area contributed by atoms with Gasteiger partial charge in [0, 0.05) is 0 Å². The Bertz CT molecular complexity index is 112. The van der Waals surface area contributed by atoms with Gasteiger partial charge < -0.3 is 4.74 Å². The summed E-state index contributed by atoms with van der Waals surface area (Å²) in [5.74, 6) is 0. The summed E-state index contributed by atoms with van der Waals surface area (Å²) in [7, 11) is 0. The average molecular weight is 152 g/mol. The quantitative estimate of drug-likeness (QED) is 0.518. The minimum atomic E-state index is 0.733. The molecule has 1 heteroatoms. The van der Waals surface area contributed by atoms with Crippen molar-refractivity contribution in [3.63, 3.8) is 0 Å². The molecule has 0 amide bonds. The smallest absolute Gasteiger partial charge is 0.106 e. The average Bonchev–Trinajstić information content (AvgIpc) is 2.64. The van der Waals surface area contributed by atoms with Crippen molar-refractivity contribution >= 4 is 0 Å². The Morgan fingerprint density at radius 2 is 1.45 bits per heavy atom. The first-order chi connectivity index (χ1) is 5.50. The highest BCUT2D eigenvalue weighted by atomic mass is 16.5. The molecule has 0 aromatic carbocycles. The molecule has 0 radical (unpaired) electrons. The Hall–Kier alpha value is -0.720. The maximum absolute atomic E-state index is 4.80. The molecule has 0 spiro atoms. The SMILES string of the molecule is C1=CCOC=C1.C1CCCC1. The van der Waals surface area contributed by atoms with Gasteiger partial charge in [-0.05, 0) is 12.2 Å². The van der Waals surface area contributed by atoms with E-state index >= 15 is 0 Å². The number of hydrogen-bond acceptors (Lipinski definition) is 1. The summed E-state index contributed by atoms with van der Waals surface area (Å²) in [6.07, 6.45) is 15.0. The van der Waals surface area contributed by atoms with Crippen LogP contribution in [0.25, 0.3) is 0 Å². The van der Waals surface area contributed by atoms with Crippen molar-refractivity contribution in [1.29, 1.82) is 0 Å². The third-order valence-electron chi connectivity index (χ3n) is 1.86. The van der Waals surface area contributed by atoms with Crippen molar-refractivity contribution in [2.75, 3.05) is 6.61 Å². The van der Waals surface area contributed by atoms with Gasteiger partial charge in [-0.1, -0.05) is 38.2 Å². The van der Waals surface area contributed by atoms with Gasteiger partial charge in [0.05, 0.1) is 6.26 Å². The lowest BCUT2D eigenvalue weighted by atomic mass is 10.4. The van der Waals surface area contributed by atoms with Gasteiger partial charge in [-0.2, -0.15) is 0 Å². The van der Waals surface area contributed by atoms with Crippen LogP contribution in [0.4, 0.5) is 0 Å². The zero-order chi connectivity index (χ0) is 7.78. The molecule has 0 bridgehead atoms. The molecule has 2 aliphatic rings. The minimum Gasteiger partial charge on any atom is -0.497 e. The van der Waals surface area contributed by atoms with E-state index in [9.17, 15) is 0 Å². The van der Waals surface area contributed by atoms with Crippen molar-refractivity contribution in [1.82, 2.24) is 0 Å². The summed E-state index contributed by atoms with van der Waals surface area (Å²) in [6.45, 7) is 0.733. The molecular formula is C10H16O. The second-order valence-corrected chi connectivity index (χ2v) is 2.86. The normalized spacial score (nSPS) is 20.4. The lowest BCUT2D eigenvalue weighted by molar-refractivity contribution is 0.286. The van der Waals surface area contributed by atoms with Crippen LogP contribution in [0.15, 0.2) is 24.5 Å². The second kappa shape index (κ2) is 6.02. The summed E-state index contributed by atoms with van der Waals surface area (Å²) in [6, 6.07) is 0. The van der Waals surface area contributed by atoms with Crippen LogP contribution in [-0.2, 0) is 4.74 Å². The van der Waals surface area contributed by atoms with E-state index in [0.29, 0.717) is 0 Å². The zero-order valence-electron chi connectivity index (χ0n) is 6.96. The fourth-order valence-corrected chi connectivity index (χ4v) is 1.23. The fourth-order valence-electron chi connectivity index (χ4n) is 1.23. The van der Waals surface area contributed by atoms with E-state index in [2.05, 4.69) is 0 Å². The molecule has 0 aromatic heterocycles. The van der Waals surface area contributed by atoms with Crippen molar-refractivity contribution in [2.24, 2.45) is 0 Å². The van der Waals surface area contributed by atoms with Gasteiger partial charge in [-0.25, -0.2) is 0 Å². The van der Waals surface area contributed by atoms with Gasteiger partial charge in [-0.15, -0.1) is 0 Å². The Labute approximate surface area is 68.8 Å². The van der Waals surface area contributed by atoms with E-state index in [1.54, 1.807) is 6.26 Å². The van der Waals surface area contributed by atoms with E-state index in [1.807, 2.05) is 18.2 Å². The van der Waals surface area contributed by atoms with Crippen molar-refractivity contribution in [3.05, 3.63) is 24.5 Å². The Morgan fingerprint density at radius 1 is 0.818 bits per heavy atom. The molecule has 11 heavy (non-hydrogen) atoms. The van der Waals surface area contributed by atoms with Crippen LogP contribution in [-0.4, -0.2) is 6.61 Å². The molecule has 0 aromatic rings. The van der Waals surface area contributed by atoms with Crippen molar-refractivity contribution < 1.29 is 4.74 Å². The molecule has 1 saturated carbocycles. The van der Waals surface area contributed by atoms with Crippen molar-refractivity contribution in [2.45, 2.75) is 32.1 Å². The highest BCUT2D eigenvalue weighted by molar-refractivity contribution is 5.02. The van der Waals surface area contributed by atoms with Gasteiger partial charge in [0.1, 0.15) is 6.61 Å². The van der Waals surface area contributed by atoms with Crippen LogP contribution in [0.5, 0.6) is 0 Å². The molecule has 0 atom stereocenters. The molecule has 1 aliphatic heterocycles. The highest BCUT2D eigenvalue weighted by Crippen LogP contribution is 2.15. The van der Waals surface area contributed by atoms with Crippen LogP contribution in [0.1, 0.15) is 32.1 Å². The van der Waals surface area contributed by atoms with Gasteiger partial charge in [0.25, 0.3) is 0 Å². The molecule has 0 saturated heterocycles. The fraction of sp³-hybridized carbons (Fsp3) is 0.600. The first-order valence-electron chi connectivity index (χ1n) is 4.43. The van der Waals surface area contributed by atoms with Crippen molar-refractivity contribution in [3.8, 4) is 0 Å². The monoisotopic (exact) mass is 152 g/mol. The molecule has 1 nitrogen and oxygen atoms in total. The predicted molar refractivity (Wildman–Crippen MR) is 47.3 cm³/mol. The largest absolute Gasteiger partial charge is 0.497 e. The predicted octanol–water partition coefficient (Wildman–Crippen LogP) is 3.04. The standard InChI is InChI=1S/C5H6O.C5H10/c1-2-4-6-5-3-1;1-2-4-5-3-1/h1-4H,5H2;1-5H2. The zero-order valence-corrected chi connectivity index (χ0v) is 6.96. The third-order valence-corrected chi connectivity index (χ3v) is 1.86. The van der Waals surface area contributed by atoms with Gasteiger partial charge in [-0.3, -0.25) is 0 Å². The summed E-state index contributed by atoms with van der Waals surface area (Å²) in [4.78, 5) is 0. The summed E-state index contributed by atoms with van der Waals surface area (Å²) in [5, 5.41) is 0. The summed E-state index contributed by atoms with van der Waals surface area (Å²) >= 11 is 0. The maximum atomic E-state index is 4.80. The minimum absolute atomic E-state index is 0.733.